The van der Waals surface area contributed by atoms with Crippen LogP contribution in [0, 0.1) is 0 Å². The third-order valence-electron chi connectivity index (χ3n) is 3.10. The minimum Gasteiger partial charge on any atom is -0.285 e. The highest BCUT2D eigenvalue weighted by Gasteiger charge is 2.54. The maximum absolute atomic E-state index is 12.4. The Morgan fingerprint density at radius 2 is 1.60 bits per heavy atom. The maximum Gasteiger partial charge on any atom is 0.270 e. The molecule has 2 atom stereocenters. The van der Waals surface area contributed by atoms with Gasteiger partial charge in [-0.15, -0.1) is 0 Å². The Hall–Kier alpha value is -0.970. The minimum atomic E-state index is -4.77. The molecule has 1 aromatic rings. The average Bonchev–Trinajstić information content (AvgIpc) is 2.66. The van der Waals surface area contributed by atoms with Crippen molar-refractivity contribution in [3.63, 3.8) is 0 Å². The fourth-order valence-corrected chi connectivity index (χ4v) is 9.75. The van der Waals surface area contributed by atoms with E-state index in [2.05, 4.69) is 0 Å². The molecule has 7 nitrogen and oxygen atoms in total. The highest BCUT2D eigenvalue weighted by molar-refractivity contribution is 8.10. The normalized spacial score (nSPS) is 26.4. The van der Waals surface area contributed by atoms with Gasteiger partial charge in [0.15, 0.2) is 24.3 Å². The van der Waals surface area contributed by atoms with Gasteiger partial charge in [-0.05, 0) is 18.6 Å². The summed E-state index contributed by atoms with van der Waals surface area (Å²) in [5, 5.41) is -1.85. The van der Waals surface area contributed by atoms with E-state index in [0.29, 0.717) is 0 Å². The van der Waals surface area contributed by atoms with Crippen LogP contribution in [0.4, 0.5) is 0 Å². The summed E-state index contributed by atoms with van der Waals surface area (Å²) >= 11 is 0. The molecule has 10 heteroatoms. The van der Waals surface area contributed by atoms with E-state index in [1.54, 1.807) is 6.07 Å². The predicted octanol–water partition coefficient (Wildman–Crippen LogP) is -0.139. The molecule has 20 heavy (non-hydrogen) atoms. The zero-order valence-corrected chi connectivity index (χ0v) is 12.5. The van der Waals surface area contributed by atoms with E-state index in [1.807, 2.05) is 0 Å². The van der Waals surface area contributed by atoms with Crippen molar-refractivity contribution < 1.29 is 29.8 Å². The smallest absolute Gasteiger partial charge is 0.270 e. The van der Waals surface area contributed by atoms with Crippen LogP contribution in [0.15, 0.2) is 35.2 Å². The van der Waals surface area contributed by atoms with Crippen LogP contribution in [0.3, 0.4) is 0 Å². The molecule has 1 aromatic carbocycles. The van der Waals surface area contributed by atoms with Gasteiger partial charge in [-0.1, -0.05) is 18.2 Å². The molecule has 112 valence electrons. The first-order valence-corrected chi connectivity index (χ1v) is 10.3. The van der Waals surface area contributed by atoms with Crippen molar-refractivity contribution in [2.24, 2.45) is 0 Å². The van der Waals surface area contributed by atoms with E-state index < -0.39 is 51.8 Å². The molecular weight excluding hydrogens is 328 g/mol. The molecule has 0 unspecified atom stereocenters. The van der Waals surface area contributed by atoms with Gasteiger partial charge in [0.05, 0.1) is 10.6 Å². The third kappa shape index (κ3) is 2.60. The first-order valence-electron chi connectivity index (χ1n) is 5.53. The Bertz CT molecular complexity index is 807. The molecule has 1 heterocycles. The molecule has 1 fully saturated rings. The number of benzene rings is 1. The second-order valence-electron chi connectivity index (χ2n) is 4.44. The lowest BCUT2D eigenvalue weighted by Crippen LogP contribution is -2.39. The molecule has 0 saturated carbocycles. The second kappa shape index (κ2) is 4.79. The van der Waals surface area contributed by atoms with Gasteiger partial charge in [-0.3, -0.25) is 4.55 Å². The molecule has 0 amide bonds. The molecular formula is C10H12O7S3. The van der Waals surface area contributed by atoms with Crippen molar-refractivity contribution in [2.45, 2.75) is 21.1 Å². The highest BCUT2D eigenvalue weighted by atomic mass is 32.3. The highest BCUT2D eigenvalue weighted by Crippen LogP contribution is 2.33. The van der Waals surface area contributed by atoms with Crippen LogP contribution >= 0.6 is 0 Å². The second-order valence-corrected chi connectivity index (χ2v) is 10.7. The molecule has 0 aromatic heterocycles. The Balaban J connectivity index is 2.64. The fourth-order valence-electron chi connectivity index (χ4n) is 2.19. The summed E-state index contributed by atoms with van der Waals surface area (Å²) in [6.45, 7) is 0. The van der Waals surface area contributed by atoms with Crippen molar-refractivity contribution >= 4 is 29.8 Å². The number of rotatable bonds is 3. The van der Waals surface area contributed by atoms with Crippen molar-refractivity contribution in [2.75, 3.05) is 5.75 Å². The predicted molar refractivity (Wildman–Crippen MR) is 71.2 cm³/mol. The summed E-state index contributed by atoms with van der Waals surface area (Å²) in [6.07, 6.45) is -0.433. The van der Waals surface area contributed by atoms with E-state index in [0.717, 1.165) is 0 Å². The average molecular weight is 340 g/mol. The molecule has 1 N–H and O–H groups in total. The maximum atomic E-state index is 12.4. The molecule has 2 rings (SSSR count). The van der Waals surface area contributed by atoms with Gasteiger partial charge in [-0.2, -0.15) is 8.42 Å². The van der Waals surface area contributed by atoms with Gasteiger partial charge < -0.3 is 0 Å². The van der Waals surface area contributed by atoms with E-state index in [9.17, 15) is 25.3 Å². The van der Waals surface area contributed by atoms with Crippen LogP contribution in [0.25, 0.3) is 0 Å². The standard InChI is InChI=1S/C10H12O7S3/c11-18(12)7-6-9(20(15,16)17)10(18)19(13,14)8-4-2-1-3-5-8/h1-5,9-10H,6-7H2,(H,15,16,17)/t9-,10-/m1/s1. The molecule has 1 aliphatic heterocycles. The van der Waals surface area contributed by atoms with E-state index in [4.69, 9.17) is 4.55 Å². The van der Waals surface area contributed by atoms with Crippen LogP contribution in [-0.2, 0) is 29.8 Å². The first kappa shape index (κ1) is 15.4. The van der Waals surface area contributed by atoms with Gasteiger partial charge in [0.25, 0.3) is 10.1 Å². The van der Waals surface area contributed by atoms with Gasteiger partial charge in [-0.25, -0.2) is 16.8 Å². The fraction of sp³-hybridized carbons (Fsp3) is 0.400. The zero-order valence-electron chi connectivity index (χ0n) is 10.1. The first-order chi connectivity index (χ1) is 9.07. The van der Waals surface area contributed by atoms with Crippen LogP contribution in [0.5, 0.6) is 0 Å². The molecule has 1 aliphatic rings. The number of hydrogen-bond donors (Lipinski definition) is 1. The Labute approximate surface area is 117 Å². The molecule has 0 radical (unpaired) electrons. The largest absolute Gasteiger partial charge is 0.285 e. The van der Waals surface area contributed by atoms with Crippen LogP contribution < -0.4 is 0 Å². The zero-order chi connectivity index (χ0) is 15.2. The SMILES string of the molecule is O=S(=O)(O)[C@@H]1CCS(=O)(=O)[C@@H]1S(=O)(=O)c1ccccc1. The summed E-state index contributed by atoms with van der Waals surface area (Å²) in [4.78, 5) is -0.288. The van der Waals surface area contributed by atoms with Crippen molar-refractivity contribution in [3.8, 4) is 0 Å². The van der Waals surface area contributed by atoms with E-state index >= 15 is 0 Å². The molecule has 0 aliphatic carbocycles. The minimum absolute atomic E-state index is 0.288. The van der Waals surface area contributed by atoms with Crippen molar-refractivity contribution in [3.05, 3.63) is 30.3 Å². The lowest BCUT2D eigenvalue weighted by molar-refractivity contribution is 0.467. The van der Waals surface area contributed by atoms with Gasteiger partial charge in [0.1, 0.15) is 5.25 Å². The van der Waals surface area contributed by atoms with E-state index in [-0.39, 0.29) is 4.90 Å². The summed E-state index contributed by atoms with van der Waals surface area (Å²) < 4.78 is 77.9. The molecule has 1 saturated heterocycles. The third-order valence-corrected chi connectivity index (χ3v) is 10.1. The summed E-state index contributed by atoms with van der Waals surface area (Å²) in [5.41, 5.74) is 0. The molecule has 0 bridgehead atoms. The Morgan fingerprint density at radius 1 is 1.05 bits per heavy atom. The summed E-state index contributed by atoms with van der Waals surface area (Å²) in [6, 6.07) is 6.71. The van der Waals surface area contributed by atoms with Crippen molar-refractivity contribution in [1.29, 1.82) is 0 Å². The topological polar surface area (TPSA) is 123 Å². The number of hydrogen-bond acceptors (Lipinski definition) is 6. The summed E-state index contributed by atoms with van der Waals surface area (Å²) in [7, 11) is -13.3. The van der Waals surface area contributed by atoms with Crippen LogP contribution in [0.2, 0.25) is 0 Å². The van der Waals surface area contributed by atoms with Crippen LogP contribution in [0.1, 0.15) is 6.42 Å². The summed E-state index contributed by atoms with van der Waals surface area (Å²) in [5.74, 6) is -0.589. The van der Waals surface area contributed by atoms with Crippen LogP contribution in [-0.4, -0.2) is 45.4 Å². The van der Waals surface area contributed by atoms with Gasteiger partial charge >= 0.3 is 0 Å². The lowest BCUT2D eigenvalue weighted by Gasteiger charge is -2.16. The molecule has 0 spiro atoms. The monoisotopic (exact) mass is 340 g/mol. The quantitative estimate of drug-likeness (QED) is 0.760. The van der Waals surface area contributed by atoms with Gasteiger partial charge in [0.2, 0.25) is 0 Å². The van der Waals surface area contributed by atoms with Gasteiger partial charge in [0, 0.05) is 0 Å². The van der Waals surface area contributed by atoms with E-state index in [1.165, 1.54) is 24.3 Å². The van der Waals surface area contributed by atoms with Crippen molar-refractivity contribution in [1.82, 2.24) is 0 Å². The lowest BCUT2D eigenvalue weighted by atomic mass is 10.4. The number of sulfone groups is 2. The Kier molecular flexibility index (Phi) is 3.70. The Morgan fingerprint density at radius 3 is 2.10 bits per heavy atom.